The molecule has 24 heteroatoms. The molecule has 15 saturated heterocycles. The first-order valence-corrected chi connectivity index (χ1v) is 38.0. The largest absolute Gasteiger partial charge is 0.481 e. The molecule has 98 heavy (non-hydrogen) atoms. The Labute approximate surface area is 577 Å². The predicted octanol–water partition coefficient (Wildman–Crippen LogP) is 8.76. The highest BCUT2D eigenvalue weighted by atomic mass is 16.6. The van der Waals surface area contributed by atoms with Gasteiger partial charge in [-0.25, -0.2) is 0 Å². The van der Waals surface area contributed by atoms with Crippen LogP contribution in [0.5, 0.6) is 0 Å². The maximum Gasteiger partial charge on any atom is 0.310 e. The highest BCUT2D eigenvalue weighted by Gasteiger charge is 2.71. The number of rotatable bonds is 23. The van der Waals surface area contributed by atoms with Crippen molar-refractivity contribution in [1.29, 1.82) is 0 Å². The normalized spacial score (nSPS) is 48.2. The third-order valence-electron chi connectivity index (χ3n) is 26.7. The number of carboxylic acids is 6. The van der Waals surface area contributed by atoms with Gasteiger partial charge in [0, 0.05) is 77.4 Å². The molecule has 15 aliphatic heterocycles. The fraction of sp³-hybridized carbons (Fsp3) is 0.919. The Bertz CT molecular complexity index is 2750. The third-order valence-corrected chi connectivity index (χ3v) is 26.7. The Hall–Kier alpha value is -3.66. The molecule has 15 rings (SSSR count). The van der Waals surface area contributed by atoms with Crippen molar-refractivity contribution in [1.82, 2.24) is 0 Å². The fourth-order valence-electron chi connectivity index (χ4n) is 23.1. The molecule has 0 aliphatic carbocycles. The lowest BCUT2D eigenvalue weighted by molar-refractivity contribution is -0.155. The average Bonchev–Trinajstić information content (AvgIpc) is 1.56. The van der Waals surface area contributed by atoms with Gasteiger partial charge in [0.2, 0.25) is 0 Å². The molecule has 0 aromatic carbocycles. The summed E-state index contributed by atoms with van der Waals surface area (Å²) in [5, 5.41) is 75.2. The molecular formula is C74H116O24. The van der Waals surface area contributed by atoms with E-state index in [2.05, 4.69) is 55.4 Å². The maximum absolute atomic E-state index is 11.5. The van der Waals surface area contributed by atoms with Gasteiger partial charge in [-0.05, 0) is 115 Å². The summed E-state index contributed by atoms with van der Waals surface area (Å²) in [7, 11) is 0. The predicted molar refractivity (Wildman–Crippen MR) is 349 cm³/mol. The average molecular weight is 1390 g/mol. The zero-order chi connectivity index (χ0) is 70.8. The van der Waals surface area contributed by atoms with Crippen LogP contribution in [-0.2, 0) is 76.1 Å². The van der Waals surface area contributed by atoms with Crippen molar-refractivity contribution >= 4 is 35.8 Å². The van der Waals surface area contributed by atoms with E-state index < -0.39 is 71.6 Å². The lowest BCUT2D eigenvalue weighted by atomic mass is 9.65. The molecular weight excluding hydrogens is 1270 g/mol. The molecule has 10 bridgehead atoms. The number of ether oxygens (including phenoxy) is 10. The standard InChI is InChI=1S/C16H26O5.C15H24O5.C15H24O4.C14H20O6.C14H22O4/c1-4-9-13-11-6-8(16(3,19)7-12(17)18)15(21-11)14(13)10(5-2)20-9;1-3-9-13-11-5-7(8(16)6-12(17)18)15(20-11)14(13)10(4-2)19-9;1-3-9-13-11-7-8(5-6-12(16)17)15(19-11)14(13)10(4-2)18-9;1-3-5-7-8(6(4-2)19-5)12-10(14(17)18)9(13(15)16)11(7)20-12;1-3-8-12-10-5-7(6-11(15)16)14(18-10)13(12)9(4-2)17-8/h8-11,13-15,19H,4-7H2,1-3H3,(H,17,18);7-11,13-16H,3-6H2,1-2H3,(H,17,18);8-11,13-15H,3-7H2,1-2H3,(H,16,17);5-12H,3-4H2,1-2H3,(H,15,16)(H,17,18);7-10,12-14H,3-6H2,1-2H3,(H,15,16). The van der Waals surface area contributed by atoms with E-state index in [1.807, 2.05) is 13.8 Å². The van der Waals surface area contributed by atoms with E-state index in [1.165, 1.54) is 0 Å². The highest BCUT2D eigenvalue weighted by Crippen LogP contribution is 2.62. The van der Waals surface area contributed by atoms with E-state index >= 15 is 0 Å². The summed E-state index contributed by atoms with van der Waals surface area (Å²) in [4.78, 5) is 66.4. The molecule has 0 spiro atoms. The number of fused-ring (bicyclic) bond motifs is 25. The second-order valence-electron chi connectivity index (χ2n) is 31.6. The van der Waals surface area contributed by atoms with Crippen molar-refractivity contribution in [2.75, 3.05) is 0 Å². The first-order valence-electron chi connectivity index (χ1n) is 38.0. The van der Waals surface area contributed by atoms with Gasteiger partial charge in [0.05, 0.1) is 165 Å². The summed E-state index contributed by atoms with van der Waals surface area (Å²) < 4.78 is 60.9. The first-order chi connectivity index (χ1) is 46.8. The summed E-state index contributed by atoms with van der Waals surface area (Å²) in [6.45, 7) is 22.9. The van der Waals surface area contributed by atoms with Crippen molar-refractivity contribution in [2.24, 2.45) is 94.7 Å². The highest BCUT2D eigenvalue weighted by molar-refractivity contribution is 5.82. The molecule has 8 N–H and O–H groups in total. The van der Waals surface area contributed by atoms with Crippen LogP contribution >= 0.6 is 0 Å². The van der Waals surface area contributed by atoms with E-state index in [1.54, 1.807) is 6.92 Å². The summed E-state index contributed by atoms with van der Waals surface area (Å²) in [6, 6.07) is 0. The molecule has 0 saturated carbocycles. The summed E-state index contributed by atoms with van der Waals surface area (Å²) in [5.41, 5.74) is -1.21. The van der Waals surface area contributed by atoms with Gasteiger partial charge in [0.1, 0.15) is 0 Å². The molecule has 0 amide bonds. The van der Waals surface area contributed by atoms with Gasteiger partial charge >= 0.3 is 35.8 Å². The molecule has 15 aliphatic rings. The van der Waals surface area contributed by atoms with E-state index in [4.69, 9.17) is 67.8 Å². The van der Waals surface area contributed by atoms with Crippen LogP contribution in [-0.4, -0.2) is 210 Å². The van der Waals surface area contributed by atoms with Crippen molar-refractivity contribution in [3.05, 3.63) is 0 Å². The van der Waals surface area contributed by atoms with Crippen molar-refractivity contribution in [2.45, 2.75) is 332 Å². The second-order valence-corrected chi connectivity index (χ2v) is 31.6. The van der Waals surface area contributed by atoms with Crippen LogP contribution in [0.3, 0.4) is 0 Å². The quantitative estimate of drug-likeness (QED) is 0.0473. The first kappa shape index (κ1) is 75.5. The van der Waals surface area contributed by atoms with Crippen molar-refractivity contribution < 1.29 is 117 Å². The molecule has 556 valence electrons. The zero-order valence-corrected chi connectivity index (χ0v) is 59.4. The van der Waals surface area contributed by atoms with E-state index in [-0.39, 0.29) is 141 Å². The van der Waals surface area contributed by atoms with Gasteiger partial charge in [-0.1, -0.05) is 69.2 Å². The summed E-state index contributed by atoms with van der Waals surface area (Å²) in [5.74, 6) is -3.34. The molecule has 38 atom stereocenters. The Kier molecular flexibility index (Phi) is 23.8. The monoisotopic (exact) mass is 1390 g/mol. The second kappa shape index (κ2) is 31.0. The maximum atomic E-state index is 11.5. The van der Waals surface area contributed by atoms with Gasteiger partial charge < -0.3 is 88.2 Å². The lowest BCUT2D eigenvalue weighted by Crippen LogP contribution is -2.48. The van der Waals surface area contributed by atoms with E-state index in [0.717, 1.165) is 96.3 Å². The molecule has 0 aromatic heterocycles. The number of aliphatic hydroxyl groups excluding tert-OH is 1. The summed E-state index contributed by atoms with van der Waals surface area (Å²) >= 11 is 0. The minimum atomic E-state index is -1.21. The van der Waals surface area contributed by atoms with Gasteiger partial charge in [-0.2, -0.15) is 0 Å². The van der Waals surface area contributed by atoms with Crippen LogP contribution < -0.4 is 0 Å². The van der Waals surface area contributed by atoms with Crippen LogP contribution in [0.1, 0.15) is 198 Å². The topological polar surface area (TPSA) is 357 Å². The molecule has 38 unspecified atom stereocenters. The number of hydrogen-bond acceptors (Lipinski definition) is 18. The third kappa shape index (κ3) is 13.8. The number of carboxylic acid groups (broad SMARTS) is 6. The SMILES string of the molecule is CCC1OC(CC)C2C3OC(C(C(=O)O)C3C(=O)O)C12.CCC1OC(CC)C2C3OC(CC3C(C)(O)CC(=O)O)C12.CCC1OC(CC)C2C3OC(CC3C(O)CC(=O)O)C12.CCC1OC(CC)C2C3OC(CC3CC(=O)O)C12.CCC1OC(CC)C2C3OC(CC3CCC(=O)O)C12. The van der Waals surface area contributed by atoms with Crippen LogP contribution in [0.25, 0.3) is 0 Å². The molecule has 0 radical (unpaired) electrons. The minimum Gasteiger partial charge on any atom is -0.481 e. The number of hydrogen-bond donors (Lipinski definition) is 8. The molecule has 24 nitrogen and oxygen atoms in total. The van der Waals surface area contributed by atoms with Gasteiger partial charge in [0.25, 0.3) is 0 Å². The van der Waals surface area contributed by atoms with Crippen LogP contribution in [0, 0.1) is 94.7 Å². The summed E-state index contributed by atoms with van der Waals surface area (Å²) in [6.07, 6.45) is 15.3. The number of aliphatic hydroxyl groups is 2. The Morgan fingerprint density at radius 1 is 0.367 bits per heavy atom. The van der Waals surface area contributed by atoms with E-state index in [9.17, 15) is 49.2 Å². The molecule has 15 fully saturated rings. The zero-order valence-electron chi connectivity index (χ0n) is 59.4. The minimum absolute atomic E-state index is 0.0171. The smallest absolute Gasteiger partial charge is 0.310 e. The Morgan fingerprint density at radius 2 is 0.694 bits per heavy atom. The van der Waals surface area contributed by atoms with Crippen LogP contribution in [0.15, 0.2) is 0 Å². The van der Waals surface area contributed by atoms with E-state index in [0.29, 0.717) is 77.7 Å². The van der Waals surface area contributed by atoms with Gasteiger partial charge in [-0.3, -0.25) is 28.8 Å². The van der Waals surface area contributed by atoms with Gasteiger partial charge in [-0.15, -0.1) is 0 Å². The number of aliphatic carboxylic acids is 6. The van der Waals surface area contributed by atoms with Crippen LogP contribution in [0.4, 0.5) is 0 Å². The van der Waals surface area contributed by atoms with Gasteiger partial charge in [0.15, 0.2) is 0 Å². The molecule has 15 heterocycles. The molecule has 0 aromatic rings. The van der Waals surface area contributed by atoms with Crippen LogP contribution in [0.2, 0.25) is 0 Å². The van der Waals surface area contributed by atoms with Crippen molar-refractivity contribution in [3.8, 4) is 0 Å². The lowest BCUT2D eigenvalue weighted by Gasteiger charge is -2.38. The Balaban J connectivity index is 0.000000124. The Morgan fingerprint density at radius 3 is 1.06 bits per heavy atom. The number of carbonyl (C=O) groups is 6. The van der Waals surface area contributed by atoms with Crippen molar-refractivity contribution in [3.63, 3.8) is 0 Å². The fourth-order valence-corrected chi connectivity index (χ4v) is 23.1.